The molecule has 2 aromatic carbocycles. The molecule has 2 atom stereocenters. The van der Waals surface area contributed by atoms with Gasteiger partial charge in [0, 0.05) is 12.1 Å². The van der Waals surface area contributed by atoms with Crippen LogP contribution >= 0.6 is 0 Å². The molecule has 156 valence electrons. The molecule has 1 saturated heterocycles. The van der Waals surface area contributed by atoms with Gasteiger partial charge in [0.15, 0.2) is 0 Å². The summed E-state index contributed by atoms with van der Waals surface area (Å²) in [4.78, 5) is 14.5. The molecule has 1 unspecified atom stereocenters. The number of hydrogen-bond donors (Lipinski definition) is 2. The second kappa shape index (κ2) is 10.2. The molecule has 1 aliphatic rings. The van der Waals surface area contributed by atoms with E-state index in [1.54, 1.807) is 0 Å². The van der Waals surface area contributed by atoms with Crippen LogP contribution in [-0.2, 0) is 11.3 Å². The Morgan fingerprint density at radius 2 is 1.93 bits per heavy atom. The van der Waals surface area contributed by atoms with Crippen molar-refractivity contribution in [1.82, 2.24) is 10.2 Å². The molecule has 29 heavy (non-hydrogen) atoms. The summed E-state index contributed by atoms with van der Waals surface area (Å²) in [5.41, 5.74) is 0.940. The highest BCUT2D eigenvalue weighted by molar-refractivity contribution is 5.67. The number of benzene rings is 2. The van der Waals surface area contributed by atoms with Crippen LogP contribution in [0.25, 0.3) is 0 Å². The number of rotatable bonds is 8. The average Bonchev–Trinajstić information content (AvgIpc) is 3.25. The SMILES string of the molecule is COc1ccc(F)c(C(O)[C@@H](CN2CCCC2)NC(=O)OCc2ccccc2)c1. The Balaban J connectivity index is 1.70. The first-order chi connectivity index (χ1) is 14.1. The van der Waals surface area contributed by atoms with Crippen LogP contribution in [0.3, 0.4) is 0 Å². The first-order valence-corrected chi connectivity index (χ1v) is 9.78. The Labute approximate surface area is 170 Å². The van der Waals surface area contributed by atoms with Gasteiger partial charge in [-0.1, -0.05) is 30.3 Å². The van der Waals surface area contributed by atoms with Crippen LogP contribution in [0, 0.1) is 5.82 Å². The second-order valence-corrected chi connectivity index (χ2v) is 7.15. The first-order valence-electron chi connectivity index (χ1n) is 9.78. The van der Waals surface area contributed by atoms with Gasteiger partial charge in [0.1, 0.15) is 24.3 Å². The minimum absolute atomic E-state index is 0.0805. The Kier molecular flexibility index (Phi) is 7.43. The monoisotopic (exact) mass is 402 g/mol. The number of halogens is 1. The lowest BCUT2D eigenvalue weighted by Crippen LogP contribution is -2.47. The van der Waals surface area contributed by atoms with Crippen molar-refractivity contribution in [2.45, 2.75) is 31.6 Å². The standard InChI is InChI=1S/C22H27FN2O4/c1-28-17-9-10-19(23)18(13-17)21(26)20(14-25-11-5-6-12-25)24-22(27)29-15-16-7-3-2-4-8-16/h2-4,7-10,13,20-21,26H,5-6,11-12,14-15H2,1H3,(H,24,27)/t20-,21?/m1/s1. The lowest BCUT2D eigenvalue weighted by Gasteiger charge is -2.28. The van der Waals surface area contributed by atoms with Gasteiger partial charge >= 0.3 is 6.09 Å². The van der Waals surface area contributed by atoms with Gasteiger partial charge in [-0.15, -0.1) is 0 Å². The molecular weight excluding hydrogens is 375 g/mol. The number of methoxy groups -OCH3 is 1. The van der Waals surface area contributed by atoms with E-state index >= 15 is 0 Å². The van der Waals surface area contributed by atoms with Crippen molar-refractivity contribution < 1.29 is 23.8 Å². The number of aliphatic hydroxyl groups excluding tert-OH is 1. The Morgan fingerprint density at radius 3 is 2.62 bits per heavy atom. The van der Waals surface area contributed by atoms with Crippen molar-refractivity contribution in [2.24, 2.45) is 0 Å². The first kappa shape index (κ1) is 21.1. The number of carbonyl (C=O) groups excluding carboxylic acids is 1. The van der Waals surface area contributed by atoms with Gasteiger partial charge in [-0.3, -0.25) is 0 Å². The van der Waals surface area contributed by atoms with Gasteiger partial charge in [-0.2, -0.15) is 0 Å². The predicted octanol–water partition coefficient (Wildman–Crippen LogP) is 3.26. The molecule has 0 bridgehead atoms. The molecule has 0 radical (unpaired) electrons. The molecule has 2 N–H and O–H groups in total. The highest BCUT2D eigenvalue weighted by atomic mass is 19.1. The van der Waals surface area contributed by atoms with E-state index in [1.165, 1.54) is 25.3 Å². The molecule has 0 saturated carbocycles. The summed E-state index contributed by atoms with van der Waals surface area (Å²) < 4.78 is 24.8. The highest BCUT2D eigenvalue weighted by Crippen LogP contribution is 2.26. The summed E-state index contributed by atoms with van der Waals surface area (Å²) in [5, 5.41) is 13.6. The molecular formula is C22H27FN2O4. The molecule has 2 aromatic rings. The van der Waals surface area contributed by atoms with E-state index in [9.17, 15) is 14.3 Å². The third-order valence-corrected chi connectivity index (χ3v) is 5.07. The van der Waals surface area contributed by atoms with Crippen molar-refractivity contribution >= 4 is 6.09 Å². The van der Waals surface area contributed by atoms with Gasteiger partial charge in [0.05, 0.1) is 13.2 Å². The van der Waals surface area contributed by atoms with Crippen molar-refractivity contribution in [1.29, 1.82) is 0 Å². The summed E-state index contributed by atoms with van der Waals surface area (Å²) in [6.45, 7) is 2.28. The molecule has 0 spiro atoms. The number of alkyl carbamates (subject to hydrolysis) is 1. The summed E-state index contributed by atoms with van der Waals surface area (Å²) >= 11 is 0. The Hall–Kier alpha value is -2.64. The predicted molar refractivity (Wildman–Crippen MR) is 107 cm³/mol. The molecule has 1 aliphatic heterocycles. The van der Waals surface area contributed by atoms with Crippen LogP contribution in [0.5, 0.6) is 5.75 Å². The van der Waals surface area contributed by atoms with Gasteiger partial charge < -0.3 is 24.8 Å². The normalized spacial score (nSPS) is 16.2. The largest absolute Gasteiger partial charge is 0.497 e. The van der Waals surface area contributed by atoms with Crippen LogP contribution < -0.4 is 10.1 Å². The van der Waals surface area contributed by atoms with Crippen LogP contribution in [-0.4, -0.2) is 48.9 Å². The molecule has 0 aromatic heterocycles. The molecule has 3 rings (SSSR count). The van der Waals surface area contributed by atoms with Crippen molar-refractivity contribution in [3.8, 4) is 5.75 Å². The highest BCUT2D eigenvalue weighted by Gasteiger charge is 2.29. The number of ether oxygens (including phenoxy) is 2. The van der Waals surface area contributed by atoms with E-state index in [-0.39, 0.29) is 12.2 Å². The number of nitrogens with zero attached hydrogens (tertiary/aromatic N) is 1. The topological polar surface area (TPSA) is 71.0 Å². The summed E-state index contributed by atoms with van der Waals surface area (Å²) in [6, 6.07) is 12.8. The van der Waals surface area contributed by atoms with Crippen LogP contribution in [0.4, 0.5) is 9.18 Å². The maximum absolute atomic E-state index is 14.4. The number of carbonyl (C=O) groups is 1. The zero-order valence-corrected chi connectivity index (χ0v) is 16.5. The van der Waals surface area contributed by atoms with E-state index < -0.39 is 24.1 Å². The summed E-state index contributed by atoms with van der Waals surface area (Å²) in [7, 11) is 1.48. The lowest BCUT2D eigenvalue weighted by atomic mass is 10.0. The number of aliphatic hydroxyl groups is 1. The van der Waals surface area contributed by atoms with E-state index in [4.69, 9.17) is 9.47 Å². The zero-order valence-electron chi connectivity index (χ0n) is 16.5. The maximum Gasteiger partial charge on any atom is 0.407 e. The second-order valence-electron chi connectivity index (χ2n) is 7.15. The summed E-state index contributed by atoms with van der Waals surface area (Å²) in [6.07, 6.45) is 0.235. The average molecular weight is 402 g/mol. The molecule has 1 amide bonds. The number of likely N-dealkylation sites (tertiary alicyclic amines) is 1. The quantitative estimate of drug-likeness (QED) is 0.709. The van der Waals surface area contributed by atoms with Gasteiger partial charge in [-0.25, -0.2) is 9.18 Å². The number of hydrogen-bond acceptors (Lipinski definition) is 5. The molecule has 0 aliphatic carbocycles. The molecule has 7 heteroatoms. The van der Waals surface area contributed by atoms with E-state index in [2.05, 4.69) is 10.2 Å². The van der Waals surface area contributed by atoms with Crippen molar-refractivity contribution in [2.75, 3.05) is 26.7 Å². The fourth-order valence-electron chi connectivity index (χ4n) is 3.48. The van der Waals surface area contributed by atoms with Crippen LogP contribution in [0.15, 0.2) is 48.5 Å². The Morgan fingerprint density at radius 1 is 1.21 bits per heavy atom. The van der Waals surface area contributed by atoms with E-state index in [0.717, 1.165) is 31.5 Å². The molecule has 1 fully saturated rings. The number of amides is 1. The van der Waals surface area contributed by atoms with E-state index in [0.29, 0.717) is 12.3 Å². The minimum Gasteiger partial charge on any atom is -0.497 e. The summed E-state index contributed by atoms with van der Waals surface area (Å²) in [5.74, 6) is -0.115. The smallest absolute Gasteiger partial charge is 0.407 e. The van der Waals surface area contributed by atoms with Gasteiger partial charge in [0.2, 0.25) is 0 Å². The van der Waals surface area contributed by atoms with Crippen LogP contribution in [0.2, 0.25) is 0 Å². The third-order valence-electron chi connectivity index (χ3n) is 5.07. The maximum atomic E-state index is 14.4. The number of nitrogens with one attached hydrogen (secondary N) is 1. The van der Waals surface area contributed by atoms with Gasteiger partial charge in [-0.05, 0) is 49.7 Å². The van der Waals surface area contributed by atoms with E-state index in [1.807, 2.05) is 30.3 Å². The fourth-order valence-corrected chi connectivity index (χ4v) is 3.48. The zero-order chi connectivity index (χ0) is 20.6. The van der Waals surface area contributed by atoms with Crippen LogP contribution in [0.1, 0.15) is 30.1 Å². The molecule has 1 heterocycles. The van der Waals surface area contributed by atoms with Crippen molar-refractivity contribution in [3.05, 3.63) is 65.5 Å². The lowest BCUT2D eigenvalue weighted by molar-refractivity contribution is 0.0861. The Bertz CT molecular complexity index is 797. The molecule has 6 nitrogen and oxygen atoms in total. The fraction of sp³-hybridized carbons (Fsp3) is 0.409. The minimum atomic E-state index is -1.24. The third kappa shape index (κ3) is 5.92. The van der Waals surface area contributed by atoms with Crippen molar-refractivity contribution in [3.63, 3.8) is 0 Å². The van der Waals surface area contributed by atoms with Gasteiger partial charge in [0.25, 0.3) is 0 Å².